The van der Waals surface area contributed by atoms with Crippen LogP contribution in [-0.2, 0) is 25.4 Å². The van der Waals surface area contributed by atoms with Crippen molar-refractivity contribution in [2.75, 3.05) is 105 Å². The molecule has 1 N–H and O–H groups in total. The molecule has 5 aromatic heterocycles. The number of para-hydroxylation sites is 3. The number of alkyl halides is 3. The number of hydrogen-bond acceptors (Lipinski definition) is 20. The van der Waals surface area contributed by atoms with E-state index in [-0.39, 0.29) is 94.6 Å². The van der Waals surface area contributed by atoms with Crippen molar-refractivity contribution in [1.29, 1.82) is 0 Å². The lowest BCUT2D eigenvalue weighted by Crippen LogP contribution is -2.54. The summed E-state index contributed by atoms with van der Waals surface area (Å²) < 4.78 is 47.2. The molecule has 0 saturated carbocycles. The van der Waals surface area contributed by atoms with Crippen molar-refractivity contribution in [1.82, 2.24) is 38.9 Å². The number of nitrogens with one attached hydrogen (secondary N) is 1. The van der Waals surface area contributed by atoms with E-state index in [4.69, 9.17) is 4.52 Å². The second kappa shape index (κ2) is 28.9. The highest BCUT2D eigenvalue weighted by Crippen LogP contribution is 2.38. The van der Waals surface area contributed by atoms with Gasteiger partial charge < -0.3 is 43.1 Å². The molecule has 4 fully saturated rings. The molecule has 8 aromatic rings. The summed E-state index contributed by atoms with van der Waals surface area (Å²) in [5, 5.41) is 45.2. The molecule has 32 heteroatoms. The van der Waals surface area contributed by atoms with E-state index in [1.807, 2.05) is 11.0 Å². The number of rotatable bonds is 10. The predicted octanol–water partition coefficient (Wildman–Crippen LogP) is 7.56. The number of nitrogens with zero attached hydrogens (tertiary/aromatic N) is 13. The smallest absolute Gasteiger partial charge is 0.362 e. The Labute approximate surface area is 525 Å². The molecule has 9 heterocycles. The SMILES string of the molecule is C.C.C.Cn1c(=O)c([N+](=O)[O-])c(N2CCN(C(=O)C3CSCN3)CC2)c2ccccc21.Cn1c(=O)c([N+](=O)[O-])c(N2CCN(C(=O)c3ccno3)CC2)c2ccccc21.O=C(c1cccs1)N1CCN(c2c([N+](=O)[O-])c(=O)n(CC(F)(F)F)c3ccccc23)CC1. The first kappa shape index (κ1) is 68.8. The van der Waals surface area contributed by atoms with Crippen LogP contribution in [0.15, 0.2) is 121 Å². The molecule has 12 rings (SSSR count). The lowest BCUT2D eigenvalue weighted by molar-refractivity contribution is -0.385. The van der Waals surface area contributed by atoms with Crippen LogP contribution in [0, 0.1) is 30.3 Å². The van der Waals surface area contributed by atoms with Gasteiger partial charge in [-0.25, -0.2) is 0 Å². The van der Waals surface area contributed by atoms with Crippen molar-refractivity contribution in [3.8, 4) is 0 Å². The van der Waals surface area contributed by atoms with Crippen LogP contribution in [0.4, 0.5) is 47.3 Å². The molecule has 4 aliphatic rings. The fourth-order valence-electron chi connectivity index (χ4n) is 11.3. The van der Waals surface area contributed by atoms with Crippen LogP contribution in [0.2, 0.25) is 0 Å². The Morgan fingerprint density at radius 3 is 1.40 bits per heavy atom. The van der Waals surface area contributed by atoms with E-state index >= 15 is 0 Å². The number of thioether (sulfide) groups is 1. The van der Waals surface area contributed by atoms with Gasteiger partial charge in [0.15, 0.2) is 0 Å². The molecule has 1 atom stereocenters. The maximum absolute atomic E-state index is 13.1. The van der Waals surface area contributed by atoms with E-state index in [0.29, 0.717) is 95.0 Å². The Hall–Kier alpha value is -9.69. The standard InChI is InChI=1S/C20H17F3N4O4S.C18H17N5O5.C18H21N5O4S.3CH4/c21-20(22,23)12-26-14-5-2-1-4-13(14)16(17(19(26)29)27(30)31)24-7-9-25(10-8-24)18(28)15-6-3-11-32-15;1-20-13-5-3-2-4-12(13)15(16(18(20)25)23(26)27)21-8-10-22(11-9-21)17(24)14-6-7-19-28-14;1-20-14-5-3-2-4-12(14)15(16(18(20)25)23(26)27)21-6-8-22(9-7-21)17(24)13-10-28-11-19-13;;;/h1-6,11H,7-10,12H2;2-7H,8-11H2,1H3;2-5,13,19H,6-11H2,1H3;3*1H4. The summed E-state index contributed by atoms with van der Waals surface area (Å²) in [6.45, 7) is 2.54. The van der Waals surface area contributed by atoms with Crippen molar-refractivity contribution in [3.63, 3.8) is 0 Å². The minimum absolute atomic E-state index is 0. The second-order valence-electron chi connectivity index (χ2n) is 20.6. The van der Waals surface area contributed by atoms with Crippen LogP contribution in [0.1, 0.15) is 42.5 Å². The molecular weight excluding hydrogens is 1230 g/mol. The zero-order valence-electron chi connectivity index (χ0n) is 47.1. The summed E-state index contributed by atoms with van der Waals surface area (Å²) in [5.41, 5.74) is -2.46. The molecule has 27 nitrogen and oxygen atoms in total. The third kappa shape index (κ3) is 14.0. The zero-order valence-corrected chi connectivity index (χ0v) is 48.7. The van der Waals surface area contributed by atoms with Gasteiger partial charge >= 0.3 is 39.9 Å². The van der Waals surface area contributed by atoms with Gasteiger partial charge in [-0.2, -0.15) is 13.2 Å². The number of carbonyl (C=O) groups excluding carboxylic acids is 3. The van der Waals surface area contributed by atoms with Crippen molar-refractivity contribution in [2.24, 2.45) is 14.1 Å². The molecule has 0 aliphatic carbocycles. The van der Waals surface area contributed by atoms with Gasteiger partial charge in [0.2, 0.25) is 11.7 Å². The minimum atomic E-state index is -4.73. The quantitative estimate of drug-likeness (QED) is 0.102. The highest BCUT2D eigenvalue weighted by molar-refractivity contribution is 7.99. The van der Waals surface area contributed by atoms with Gasteiger partial charge in [-0.05, 0) is 29.6 Å². The Balaban J connectivity index is 0.000000191. The van der Waals surface area contributed by atoms with Gasteiger partial charge in [0.25, 0.3) is 11.8 Å². The topological polar surface area (TPSA) is 304 Å². The number of aromatic nitrogens is 4. The first-order valence-electron chi connectivity index (χ1n) is 27.4. The number of hydrogen-bond donors (Lipinski definition) is 1. The number of aryl methyl sites for hydroxylation is 2. The van der Waals surface area contributed by atoms with Crippen LogP contribution in [0.3, 0.4) is 0 Å². The maximum Gasteiger partial charge on any atom is 0.406 e. The largest absolute Gasteiger partial charge is 0.406 e. The number of benzene rings is 3. The van der Waals surface area contributed by atoms with Crippen LogP contribution >= 0.6 is 23.1 Å². The number of fused-ring (bicyclic) bond motifs is 3. The maximum atomic E-state index is 13.1. The number of halogens is 3. The summed E-state index contributed by atoms with van der Waals surface area (Å²) in [5.74, 6) is 1.35. The fourth-order valence-corrected chi connectivity index (χ4v) is 12.9. The van der Waals surface area contributed by atoms with Crippen LogP contribution in [-0.4, -0.2) is 168 Å². The van der Waals surface area contributed by atoms with Gasteiger partial charge in [-0.15, -0.1) is 23.1 Å². The third-order valence-electron chi connectivity index (χ3n) is 15.6. The van der Waals surface area contributed by atoms with E-state index in [1.54, 1.807) is 109 Å². The van der Waals surface area contributed by atoms with E-state index in [1.165, 1.54) is 58.0 Å². The summed E-state index contributed by atoms with van der Waals surface area (Å²) in [7, 11) is 3.07. The monoisotopic (exact) mass is 1300 g/mol. The summed E-state index contributed by atoms with van der Waals surface area (Å²) >= 11 is 3.01. The second-order valence-corrected chi connectivity index (χ2v) is 22.6. The lowest BCUT2D eigenvalue weighted by atomic mass is 10.1. The van der Waals surface area contributed by atoms with Gasteiger partial charge in [-0.3, -0.25) is 69.0 Å². The number of pyridine rings is 3. The highest BCUT2D eigenvalue weighted by atomic mass is 32.2. The lowest BCUT2D eigenvalue weighted by Gasteiger charge is -2.37. The van der Waals surface area contributed by atoms with E-state index in [2.05, 4.69) is 10.5 Å². The average molecular weight is 1300 g/mol. The molecule has 91 heavy (non-hydrogen) atoms. The molecule has 0 spiro atoms. The average Bonchev–Trinajstić information content (AvgIpc) is 1.32. The van der Waals surface area contributed by atoms with E-state index < -0.39 is 61.2 Å². The number of thiophene rings is 1. The molecule has 3 aromatic carbocycles. The number of carbonyl (C=O) groups is 3. The molecule has 3 amide bonds. The molecular formula is C59H67F3N14O13S2. The van der Waals surface area contributed by atoms with Crippen LogP contribution in [0.5, 0.6) is 0 Å². The number of nitro groups is 3. The Bertz CT molecular complexity index is 4190. The van der Waals surface area contributed by atoms with Crippen molar-refractivity contribution < 1.29 is 46.8 Å². The van der Waals surface area contributed by atoms with Gasteiger partial charge in [0.1, 0.15) is 23.6 Å². The third-order valence-corrected chi connectivity index (χ3v) is 17.4. The zero-order chi connectivity index (χ0) is 62.7. The van der Waals surface area contributed by atoms with E-state index in [0.717, 1.165) is 11.6 Å². The van der Waals surface area contributed by atoms with Crippen LogP contribution < -0.4 is 36.7 Å². The summed E-state index contributed by atoms with van der Waals surface area (Å²) in [6, 6.07) is 24.9. The van der Waals surface area contributed by atoms with Gasteiger partial charge in [0, 0.05) is 126 Å². The summed E-state index contributed by atoms with van der Waals surface area (Å²) in [6.07, 6.45) is -3.32. The molecule has 4 saturated heterocycles. The van der Waals surface area contributed by atoms with Crippen molar-refractivity contribution in [3.05, 3.63) is 175 Å². The Kier molecular flexibility index (Phi) is 21.8. The molecule has 4 aliphatic heterocycles. The first-order chi connectivity index (χ1) is 42.1. The molecule has 1 unspecified atom stereocenters. The van der Waals surface area contributed by atoms with Crippen LogP contribution in [0.25, 0.3) is 32.7 Å². The van der Waals surface area contributed by atoms with Gasteiger partial charge in [-0.1, -0.05) is 88.1 Å². The predicted molar refractivity (Wildman–Crippen MR) is 343 cm³/mol. The highest BCUT2D eigenvalue weighted by Gasteiger charge is 2.38. The van der Waals surface area contributed by atoms with Crippen molar-refractivity contribution >= 4 is 108 Å². The molecule has 484 valence electrons. The first-order valence-corrected chi connectivity index (χ1v) is 29.4. The van der Waals surface area contributed by atoms with Crippen molar-refractivity contribution in [2.45, 2.75) is 41.0 Å². The molecule has 0 bridgehead atoms. The number of piperazine rings is 3. The Morgan fingerprint density at radius 1 is 0.582 bits per heavy atom. The van der Waals surface area contributed by atoms with E-state index in [9.17, 15) is 72.3 Å². The normalized spacial score (nSPS) is 15.8. The molecule has 0 radical (unpaired) electrons. The van der Waals surface area contributed by atoms with Gasteiger partial charge in [0.05, 0.1) is 48.4 Å². The fraction of sp³-hybridized carbons (Fsp3) is 0.373. The minimum Gasteiger partial charge on any atom is -0.362 e. The summed E-state index contributed by atoms with van der Waals surface area (Å²) in [4.78, 5) is 120. The number of amides is 3. The number of anilines is 3. The Morgan fingerprint density at radius 2 is 1.00 bits per heavy atom.